The minimum Gasteiger partial charge on any atom is -0.509 e. The molecule has 7 aromatic rings. The number of para-hydroxylation sites is 1. The van der Waals surface area contributed by atoms with Crippen molar-refractivity contribution in [2.24, 2.45) is 0 Å². The number of aryl methyl sites for hydroxylation is 2. The zero-order valence-electron chi connectivity index (χ0n) is 27.7. The van der Waals surface area contributed by atoms with Gasteiger partial charge in [-0.3, -0.25) is 4.68 Å². The summed E-state index contributed by atoms with van der Waals surface area (Å²) in [5.74, 6) is 2.08. The molecule has 0 amide bonds. The zero-order valence-corrected chi connectivity index (χ0v) is 29.2. The Hall–Kier alpha value is -4.50. The van der Waals surface area contributed by atoms with E-state index in [1.165, 1.54) is 16.7 Å². The van der Waals surface area contributed by atoms with Crippen LogP contribution in [0, 0.1) is 19.1 Å². The summed E-state index contributed by atoms with van der Waals surface area (Å²) >= 11 is 0. The molecule has 0 aliphatic rings. The molecule has 0 fully saturated rings. The summed E-state index contributed by atoms with van der Waals surface area (Å²) in [4.78, 5) is 4.70. The summed E-state index contributed by atoms with van der Waals surface area (Å²) in [6, 6.07) is 38.6. The number of ether oxygens (including phenoxy) is 1. The molecule has 0 atom stereocenters. The van der Waals surface area contributed by atoms with Gasteiger partial charge >= 0.3 is 20.4 Å². The van der Waals surface area contributed by atoms with E-state index in [1.807, 2.05) is 41.2 Å². The van der Waals surface area contributed by atoms with Crippen LogP contribution in [0.1, 0.15) is 57.1 Å². The van der Waals surface area contributed by atoms with Crippen LogP contribution in [0.4, 0.5) is 0 Å². The molecule has 238 valence electrons. The Labute approximate surface area is 290 Å². The molecule has 47 heavy (non-hydrogen) atoms. The van der Waals surface area contributed by atoms with E-state index in [1.54, 1.807) is 0 Å². The van der Waals surface area contributed by atoms with Crippen molar-refractivity contribution in [3.05, 3.63) is 132 Å². The minimum atomic E-state index is 0. The largest absolute Gasteiger partial charge is 2.00 e. The van der Waals surface area contributed by atoms with Gasteiger partial charge in [-0.25, -0.2) is 4.98 Å². The third-order valence-electron chi connectivity index (χ3n) is 8.65. The van der Waals surface area contributed by atoms with E-state index in [9.17, 15) is 0 Å². The summed E-state index contributed by atoms with van der Waals surface area (Å²) in [5, 5.41) is 7.35. The van der Waals surface area contributed by atoms with Crippen LogP contribution in [0.5, 0.6) is 11.5 Å². The van der Waals surface area contributed by atoms with Crippen molar-refractivity contribution in [2.45, 2.75) is 59.8 Å². The van der Waals surface area contributed by atoms with Gasteiger partial charge < -0.3 is 9.30 Å². The van der Waals surface area contributed by atoms with Crippen LogP contribution in [0.15, 0.2) is 97.2 Å². The Morgan fingerprint density at radius 2 is 1.55 bits per heavy atom. The minimum absolute atomic E-state index is 0. The SMILES string of the molecule is CCc1nn(-c2[c-]c(Oc3[c-]c4c(cc3)c3ccccc3n4-c3cc(C)ccn3)ccc2)c(CC)c1-c1ccc(C(C)(C)C)cc1.[Pd+2]. The van der Waals surface area contributed by atoms with Crippen molar-refractivity contribution in [1.82, 2.24) is 19.3 Å². The van der Waals surface area contributed by atoms with Gasteiger partial charge in [0.1, 0.15) is 5.82 Å². The number of fused-ring (bicyclic) bond motifs is 3. The van der Waals surface area contributed by atoms with E-state index in [0.717, 1.165) is 63.1 Å². The average Bonchev–Trinajstić information content (AvgIpc) is 3.60. The van der Waals surface area contributed by atoms with Crippen molar-refractivity contribution in [3.63, 3.8) is 0 Å². The summed E-state index contributed by atoms with van der Waals surface area (Å²) < 4.78 is 10.6. The van der Waals surface area contributed by atoms with Gasteiger partial charge in [0.15, 0.2) is 0 Å². The molecule has 0 saturated heterocycles. The van der Waals surface area contributed by atoms with E-state index in [-0.39, 0.29) is 25.8 Å². The Morgan fingerprint density at radius 1 is 0.787 bits per heavy atom. The maximum absolute atomic E-state index is 6.44. The monoisotopic (exact) mass is 708 g/mol. The number of pyridine rings is 1. The fourth-order valence-electron chi connectivity index (χ4n) is 6.30. The van der Waals surface area contributed by atoms with Gasteiger partial charge in [-0.15, -0.1) is 35.7 Å². The first-order chi connectivity index (χ1) is 22.2. The normalized spacial score (nSPS) is 11.6. The second-order valence-electron chi connectivity index (χ2n) is 12.8. The van der Waals surface area contributed by atoms with Crippen LogP contribution < -0.4 is 4.74 Å². The number of nitrogens with zero attached hydrogens (tertiary/aromatic N) is 4. The number of hydrogen-bond acceptors (Lipinski definition) is 3. The number of aromatic nitrogens is 4. The average molecular weight is 709 g/mol. The van der Waals surface area contributed by atoms with Crippen molar-refractivity contribution >= 4 is 21.8 Å². The van der Waals surface area contributed by atoms with Gasteiger partial charge in [0.2, 0.25) is 0 Å². The quantitative estimate of drug-likeness (QED) is 0.122. The zero-order chi connectivity index (χ0) is 32.0. The summed E-state index contributed by atoms with van der Waals surface area (Å²) in [5.41, 5.74) is 10.1. The Morgan fingerprint density at radius 3 is 2.28 bits per heavy atom. The molecule has 0 spiro atoms. The molecular formula is C41H38N4OPd. The molecule has 4 aromatic carbocycles. The van der Waals surface area contributed by atoms with Crippen molar-refractivity contribution in [1.29, 1.82) is 0 Å². The molecule has 0 aliphatic heterocycles. The first kappa shape index (κ1) is 32.4. The topological polar surface area (TPSA) is 44.9 Å². The molecule has 0 bridgehead atoms. The first-order valence-electron chi connectivity index (χ1n) is 16.1. The smallest absolute Gasteiger partial charge is 0.509 e. The van der Waals surface area contributed by atoms with Crippen LogP contribution in [-0.4, -0.2) is 19.3 Å². The van der Waals surface area contributed by atoms with E-state index >= 15 is 0 Å². The Bertz CT molecular complexity index is 2200. The van der Waals surface area contributed by atoms with Crippen LogP contribution in [0.3, 0.4) is 0 Å². The second kappa shape index (κ2) is 13.0. The van der Waals surface area contributed by atoms with Crippen LogP contribution in [0.25, 0.3) is 44.4 Å². The number of hydrogen-bond donors (Lipinski definition) is 0. The predicted molar refractivity (Wildman–Crippen MR) is 188 cm³/mol. The molecule has 7 rings (SSSR count). The van der Waals surface area contributed by atoms with E-state index in [2.05, 4.69) is 119 Å². The first-order valence-corrected chi connectivity index (χ1v) is 16.1. The third kappa shape index (κ3) is 6.05. The van der Waals surface area contributed by atoms with Crippen molar-refractivity contribution in [3.8, 4) is 34.1 Å². The van der Waals surface area contributed by atoms with Crippen LogP contribution >= 0.6 is 0 Å². The van der Waals surface area contributed by atoms with Gasteiger partial charge in [-0.1, -0.05) is 82.6 Å². The molecular weight excluding hydrogens is 671 g/mol. The summed E-state index contributed by atoms with van der Waals surface area (Å²) in [6.07, 6.45) is 3.53. The molecule has 0 unspecified atom stereocenters. The Balaban J connectivity index is 0.00000386. The molecule has 6 heteroatoms. The molecule has 0 N–H and O–H groups in total. The summed E-state index contributed by atoms with van der Waals surface area (Å²) in [6.45, 7) is 13.2. The Kier molecular flexibility index (Phi) is 8.94. The van der Waals surface area contributed by atoms with Gasteiger partial charge in [-0.05, 0) is 71.1 Å². The number of rotatable bonds is 7. The predicted octanol–water partition coefficient (Wildman–Crippen LogP) is 10.2. The van der Waals surface area contributed by atoms with Gasteiger partial charge in [0.05, 0.1) is 5.69 Å². The van der Waals surface area contributed by atoms with Gasteiger partial charge in [0, 0.05) is 34.5 Å². The van der Waals surface area contributed by atoms with Crippen LogP contribution in [-0.2, 0) is 38.7 Å². The molecule has 3 heterocycles. The maximum Gasteiger partial charge on any atom is 2.00 e. The van der Waals surface area contributed by atoms with Crippen molar-refractivity contribution in [2.75, 3.05) is 0 Å². The number of benzene rings is 4. The van der Waals surface area contributed by atoms with Gasteiger partial charge in [-0.2, -0.15) is 17.2 Å². The fourth-order valence-corrected chi connectivity index (χ4v) is 6.30. The molecule has 0 radical (unpaired) electrons. The van der Waals surface area contributed by atoms with Crippen molar-refractivity contribution < 1.29 is 25.2 Å². The standard InChI is InChI=1S/C41H38N4O.Pd/c1-7-35-40(28-16-18-29(19-17-28)41(4,5)6)36(8-2)45(43-35)30-12-11-13-31(25-30)46-32-20-21-34-33-14-9-10-15-37(33)44(38(34)26-32)39-24-27(3)22-23-42-39;/h9-24H,7-8H2,1-6H3;/q-2;+2. The van der Waals surface area contributed by atoms with E-state index in [0.29, 0.717) is 11.5 Å². The molecule has 3 aromatic heterocycles. The second-order valence-corrected chi connectivity index (χ2v) is 12.8. The maximum atomic E-state index is 6.44. The molecule has 0 aliphatic carbocycles. The van der Waals surface area contributed by atoms with Gasteiger partial charge in [0.25, 0.3) is 0 Å². The van der Waals surface area contributed by atoms with Crippen LogP contribution in [0.2, 0.25) is 0 Å². The van der Waals surface area contributed by atoms with E-state index < -0.39 is 0 Å². The third-order valence-corrected chi connectivity index (χ3v) is 8.65. The summed E-state index contributed by atoms with van der Waals surface area (Å²) in [7, 11) is 0. The molecule has 5 nitrogen and oxygen atoms in total. The van der Waals surface area contributed by atoms with E-state index in [4.69, 9.17) is 14.8 Å². The fraction of sp³-hybridized carbons (Fsp3) is 0.220. The molecule has 0 saturated carbocycles.